The molecule has 1 saturated heterocycles. The van der Waals surface area contributed by atoms with Gasteiger partial charge in [0.25, 0.3) is 11.8 Å². The number of carbonyl (C=O) groups excluding carboxylic acids is 3. The summed E-state index contributed by atoms with van der Waals surface area (Å²) in [5.41, 5.74) is 1.43. The number of halogens is 2. The number of hydrogen-bond donors (Lipinski definition) is 1. The number of rotatable bonds is 4. The standard InChI is InChI=1S/C21H18BrClN2O4/c1-11(2)29-18-7-5-13(9-16(18)22)8-15-19(26)24-21(28)25(20(15)27)17-10-14(23)6-4-12(17)3/h4-11H,1-3H3,(H,24,26,28)/b15-8+. The largest absolute Gasteiger partial charge is 0.490 e. The second-order valence-electron chi connectivity index (χ2n) is 6.75. The molecule has 0 aromatic heterocycles. The maximum absolute atomic E-state index is 13.0. The van der Waals surface area contributed by atoms with Gasteiger partial charge < -0.3 is 4.74 Å². The number of hydrogen-bond acceptors (Lipinski definition) is 4. The number of benzene rings is 2. The molecule has 3 rings (SSSR count). The zero-order valence-corrected chi connectivity index (χ0v) is 18.3. The van der Waals surface area contributed by atoms with Gasteiger partial charge in [0.2, 0.25) is 0 Å². The van der Waals surface area contributed by atoms with Crippen molar-refractivity contribution in [2.24, 2.45) is 0 Å². The SMILES string of the molecule is Cc1ccc(Cl)cc1N1C(=O)NC(=O)/C(=C\c2ccc(OC(C)C)c(Br)c2)C1=O. The van der Waals surface area contributed by atoms with Gasteiger partial charge >= 0.3 is 6.03 Å². The summed E-state index contributed by atoms with van der Waals surface area (Å²) in [6.07, 6.45) is 1.43. The van der Waals surface area contributed by atoms with Gasteiger partial charge in [-0.15, -0.1) is 0 Å². The van der Waals surface area contributed by atoms with Crippen molar-refractivity contribution in [1.82, 2.24) is 5.32 Å². The molecule has 0 radical (unpaired) electrons. The number of imide groups is 2. The molecule has 0 unspecified atom stereocenters. The van der Waals surface area contributed by atoms with Gasteiger partial charge in [-0.2, -0.15) is 0 Å². The molecule has 0 aliphatic carbocycles. The first kappa shape index (κ1) is 21.1. The summed E-state index contributed by atoms with van der Waals surface area (Å²) >= 11 is 9.45. The van der Waals surface area contributed by atoms with Gasteiger partial charge in [0.05, 0.1) is 16.3 Å². The third-order valence-electron chi connectivity index (χ3n) is 4.14. The second kappa shape index (κ2) is 8.39. The number of anilines is 1. The summed E-state index contributed by atoms with van der Waals surface area (Å²) in [6, 6.07) is 9.25. The van der Waals surface area contributed by atoms with Crippen molar-refractivity contribution in [2.75, 3.05) is 4.90 Å². The minimum atomic E-state index is -0.815. The van der Waals surface area contributed by atoms with Crippen molar-refractivity contribution in [3.05, 3.63) is 62.6 Å². The molecule has 29 heavy (non-hydrogen) atoms. The van der Waals surface area contributed by atoms with Crippen LogP contribution >= 0.6 is 27.5 Å². The van der Waals surface area contributed by atoms with Gasteiger partial charge in [-0.1, -0.05) is 23.7 Å². The van der Waals surface area contributed by atoms with Crippen molar-refractivity contribution in [3.63, 3.8) is 0 Å². The topological polar surface area (TPSA) is 75.7 Å². The lowest BCUT2D eigenvalue weighted by Gasteiger charge is -2.27. The predicted octanol–water partition coefficient (Wildman–Crippen LogP) is 4.86. The molecule has 0 spiro atoms. The summed E-state index contributed by atoms with van der Waals surface area (Å²) < 4.78 is 6.35. The molecular weight excluding hydrogens is 460 g/mol. The fourth-order valence-electron chi connectivity index (χ4n) is 2.82. The highest BCUT2D eigenvalue weighted by Crippen LogP contribution is 2.30. The van der Waals surface area contributed by atoms with E-state index in [1.807, 2.05) is 13.8 Å². The summed E-state index contributed by atoms with van der Waals surface area (Å²) in [6.45, 7) is 5.57. The van der Waals surface area contributed by atoms with E-state index in [2.05, 4.69) is 21.2 Å². The molecule has 8 heteroatoms. The zero-order chi connectivity index (χ0) is 21.3. The molecule has 4 amide bonds. The molecule has 2 aromatic rings. The van der Waals surface area contributed by atoms with Crippen LogP contribution in [-0.4, -0.2) is 23.9 Å². The summed E-state index contributed by atoms with van der Waals surface area (Å²) in [4.78, 5) is 38.6. The van der Waals surface area contributed by atoms with Crippen LogP contribution in [0.2, 0.25) is 5.02 Å². The first-order valence-electron chi connectivity index (χ1n) is 8.81. The maximum atomic E-state index is 13.0. The number of barbiturate groups is 1. The summed E-state index contributed by atoms with van der Waals surface area (Å²) in [5.74, 6) is -0.828. The van der Waals surface area contributed by atoms with Gasteiger partial charge in [0.1, 0.15) is 11.3 Å². The molecule has 150 valence electrons. The van der Waals surface area contributed by atoms with Crippen LogP contribution in [0.25, 0.3) is 6.08 Å². The van der Waals surface area contributed by atoms with Crippen LogP contribution < -0.4 is 15.0 Å². The van der Waals surface area contributed by atoms with E-state index in [4.69, 9.17) is 16.3 Å². The molecule has 1 fully saturated rings. The number of carbonyl (C=O) groups is 3. The van der Waals surface area contributed by atoms with Crippen LogP contribution in [-0.2, 0) is 9.59 Å². The van der Waals surface area contributed by atoms with Crippen molar-refractivity contribution in [3.8, 4) is 5.75 Å². The Morgan fingerprint density at radius 2 is 1.86 bits per heavy atom. The molecule has 1 aliphatic rings. The minimum absolute atomic E-state index is 0.00158. The Balaban J connectivity index is 1.99. The lowest BCUT2D eigenvalue weighted by molar-refractivity contribution is -0.122. The Labute approximate surface area is 181 Å². The van der Waals surface area contributed by atoms with Crippen LogP contribution in [0.3, 0.4) is 0 Å². The van der Waals surface area contributed by atoms with Crippen molar-refractivity contribution >= 4 is 57.1 Å². The normalized spacial score (nSPS) is 15.9. The van der Waals surface area contributed by atoms with E-state index in [1.165, 1.54) is 12.1 Å². The van der Waals surface area contributed by atoms with E-state index >= 15 is 0 Å². The summed E-state index contributed by atoms with van der Waals surface area (Å²) in [5, 5.41) is 2.58. The Bertz CT molecular complexity index is 1050. The van der Waals surface area contributed by atoms with Gasteiger partial charge in [0.15, 0.2) is 0 Å². The van der Waals surface area contributed by atoms with E-state index in [0.29, 0.717) is 32.1 Å². The van der Waals surface area contributed by atoms with E-state index in [-0.39, 0.29) is 11.7 Å². The molecule has 1 aliphatic heterocycles. The Hall–Kier alpha value is -2.64. The third-order valence-corrected chi connectivity index (χ3v) is 5.00. The fourth-order valence-corrected chi connectivity index (χ4v) is 3.48. The highest BCUT2D eigenvalue weighted by atomic mass is 79.9. The number of nitrogens with zero attached hydrogens (tertiary/aromatic N) is 1. The van der Waals surface area contributed by atoms with Gasteiger partial charge in [-0.05, 0) is 78.2 Å². The molecule has 1 N–H and O–H groups in total. The van der Waals surface area contributed by atoms with E-state index in [1.54, 1.807) is 37.3 Å². The van der Waals surface area contributed by atoms with Gasteiger partial charge in [-0.3, -0.25) is 14.9 Å². The quantitative estimate of drug-likeness (QED) is 0.504. The minimum Gasteiger partial charge on any atom is -0.490 e. The van der Waals surface area contributed by atoms with Crippen molar-refractivity contribution in [2.45, 2.75) is 26.9 Å². The molecule has 1 heterocycles. The number of urea groups is 1. The first-order chi connectivity index (χ1) is 13.7. The van der Waals surface area contributed by atoms with E-state index < -0.39 is 17.8 Å². The second-order valence-corrected chi connectivity index (χ2v) is 8.04. The van der Waals surface area contributed by atoms with Crippen LogP contribution in [0.4, 0.5) is 10.5 Å². The number of nitrogens with one attached hydrogen (secondary N) is 1. The van der Waals surface area contributed by atoms with Crippen molar-refractivity contribution in [1.29, 1.82) is 0 Å². The lowest BCUT2D eigenvalue weighted by Crippen LogP contribution is -2.54. The van der Waals surface area contributed by atoms with Crippen LogP contribution in [0, 0.1) is 6.92 Å². The smallest absolute Gasteiger partial charge is 0.335 e. The highest BCUT2D eigenvalue weighted by molar-refractivity contribution is 9.10. The Morgan fingerprint density at radius 1 is 1.14 bits per heavy atom. The van der Waals surface area contributed by atoms with Gasteiger partial charge in [-0.25, -0.2) is 9.69 Å². The Kier molecular flexibility index (Phi) is 6.10. The molecule has 2 aromatic carbocycles. The molecule has 0 saturated carbocycles. The predicted molar refractivity (Wildman–Crippen MR) is 115 cm³/mol. The monoisotopic (exact) mass is 476 g/mol. The van der Waals surface area contributed by atoms with Crippen LogP contribution in [0.1, 0.15) is 25.0 Å². The summed E-state index contributed by atoms with van der Waals surface area (Å²) in [7, 11) is 0. The number of aryl methyl sites for hydroxylation is 1. The van der Waals surface area contributed by atoms with Crippen LogP contribution in [0.5, 0.6) is 5.75 Å². The zero-order valence-electron chi connectivity index (χ0n) is 16.0. The van der Waals surface area contributed by atoms with Crippen LogP contribution in [0.15, 0.2) is 46.4 Å². The maximum Gasteiger partial charge on any atom is 0.335 e. The third kappa shape index (κ3) is 4.52. The van der Waals surface area contributed by atoms with Gasteiger partial charge in [0, 0.05) is 5.02 Å². The number of ether oxygens (including phenoxy) is 1. The van der Waals surface area contributed by atoms with E-state index in [0.717, 1.165) is 4.90 Å². The fraction of sp³-hybridized carbons (Fsp3) is 0.190. The molecule has 0 bridgehead atoms. The average molecular weight is 478 g/mol. The average Bonchev–Trinajstić information content (AvgIpc) is 2.63. The first-order valence-corrected chi connectivity index (χ1v) is 9.98. The van der Waals surface area contributed by atoms with E-state index in [9.17, 15) is 14.4 Å². The number of amides is 4. The highest BCUT2D eigenvalue weighted by Gasteiger charge is 2.37. The Morgan fingerprint density at radius 3 is 2.52 bits per heavy atom. The molecule has 6 nitrogen and oxygen atoms in total. The molecular formula is C21H18BrClN2O4. The lowest BCUT2D eigenvalue weighted by atomic mass is 10.1. The molecule has 0 atom stereocenters. The van der Waals surface area contributed by atoms with Crippen molar-refractivity contribution < 1.29 is 19.1 Å².